The third-order valence-electron chi connectivity index (χ3n) is 3.48. The Kier molecular flexibility index (Phi) is 3.13. The highest BCUT2D eigenvalue weighted by Crippen LogP contribution is 2.23. The van der Waals surface area contributed by atoms with Crippen molar-refractivity contribution in [3.63, 3.8) is 0 Å². The predicted molar refractivity (Wildman–Crippen MR) is 71.5 cm³/mol. The van der Waals surface area contributed by atoms with Crippen LogP contribution in [0.5, 0.6) is 0 Å². The van der Waals surface area contributed by atoms with Crippen molar-refractivity contribution in [2.75, 3.05) is 0 Å². The average Bonchev–Trinajstić information content (AvgIpc) is 2.63. The molecule has 2 rings (SSSR count). The molecule has 0 bridgehead atoms. The molecule has 20 heavy (non-hydrogen) atoms. The normalized spacial score (nSPS) is 10.9. The summed E-state index contributed by atoms with van der Waals surface area (Å²) in [5, 5.41) is 18.4. The molecule has 0 aliphatic heterocycles. The summed E-state index contributed by atoms with van der Waals surface area (Å²) in [4.78, 5) is 34.8. The van der Waals surface area contributed by atoms with Gasteiger partial charge in [0.15, 0.2) is 0 Å². The smallest absolute Gasteiger partial charge is 0.341 e. The topological polar surface area (TPSA) is 102 Å². The molecule has 2 heterocycles. The SMILES string of the molecule is CCn1cc(C(=O)O)c(=O)c2c1c(C(=O)O)c(C)n2C. The fourth-order valence-electron chi connectivity index (χ4n) is 2.39. The maximum Gasteiger partial charge on any atom is 0.341 e. The van der Waals surface area contributed by atoms with Crippen LogP contribution in [-0.4, -0.2) is 31.3 Å². The van der Waals surface area contributed by atoms with Gasteiger partial charge in [0.2, 0.25) is 5.43 Å². The number of nitrogens with zero attached hydrogens (tertiary/aromatic N) is 2. The molecule has 0 spiro atoms. The Labute approximate surface area is 113 Å². The lowest BCUT2D eigenvalue weighted by Crippen LogP contribution is -2.20. The molecule has 0 amide bonds. The van der Waals surface area contributed by atoms with E-state index < -0.39 is 17.4 Å². The van der Waals surface area contributed by atoms with Crippen LogP contribution in [0, 0.1) is 6.92 Å². The van der Waals surface area contributed by atoms with E-state index in [1.54, 1.807) is 20.9 Å². The summed E-state index contributed by atoms with van der Waals surface area (Å²) in [6.45, 7) is 3.70. The highest BCUT2D eigenvalue weighted by atomic mass is 16.4. The van der Waals surface area contributed by atoms with E-state index in [9.17, 15) is 19.5 Å². The molecular formula is C13H14N2O5. The monoisotopic (exact) mass is 278 g/mol. The second-order valence-electron chi connectivity index (χ2n) is 4.48. The molecule has 0 unspecified atom stereocenters. The highest BCUT2D eigenvalue weighted by Gasteiger charge is 2.25. The Morgan fingerprint density at radius 1 is 1.20 bits per heavy atom. The molecule has 0 saturated carbocycles. The van der Waals surface area contributed by atoms with Crippen LogP contribution in [0.15, 0.2) is 11.0 Å². The summed E-state index contributed by atoms with van der Waals surface area (Å²) in [7, 11) is 1.55. The van der Waals surface area contributed by atoms with Crippen LogP contribution >= 0.6 is 0 Å². The third kappa shape index (κ3) is 1.70. The van der Waals surface area contributed by atoms with Crippen molar-refractivity contribution >= 4 is 23.0 Å². The van der Waals surface area contributed by atoms with Gasteiger partial charge in [0, 0.05) is 25.5 Å². The Balaban J connectivity index is 3.14. The maximum absolute atomic E-state index is 12.2. The second kappa shape index (κ2) is 4.52. The van der Waals surface area contributed by atoms with E-state index in [-0.39, 0.29) is 22.2 Å². The van der Waals surface area contributed by atoms with Gasteiger partial charge in [-0.25, -0.2) is 9.59 Å². The Morgan fingerprint density at radius 3 is 2.25 bits per heavy atom. The molecule has 0 saturated heterocycles. The predicted octanol–water partition coefficient (Wildman–Crippen LogP) is 1.06. The summed E-state index contributed by atoms with van der Waals surface area (Å²) in [6.07, 6.45) is 1.19. The van der Waals surface area contributed by atoms with Crippen LogP contribution in [0.1, 0.15) is 33.3 Å². The van der Waals surface area contributed by atoms with Crippen molar-refractivity contribution in [3.8, 4) is 0 Å². The molecule has 2 aromatic heterocycles. The Hall–Kier alpha value is -2.57. The van der Waals surface area contributed by atoms with Gasteiger partial charge in [0.25, 0.3) is 0 Å². The number of aromatic nitrogens is 2. The summed E-state index contributed by atoms with van der Waals surface area (Å²) in [5.74, 6) is -2.47. The molecule has 106 valence electrons. The van der Waals surface area contributed by atoms with E-state index in [2.05, 4.69) is 0 Å². The zero-order chi connectivity index (χ0) is 15.2. The van der Waals surface area contributed by atoms with Crippen molar-refractivity contribution in [1.29, 1.82) is 0 Å². The number of carboxylic acid groups (broad SMARTS) is 2. The minimum atomic E-state index is -1.32. The van der Waals surface area contributed by atoms with E-state index >= 15 is 0 Å². The summed E-state index contributed by atoms with van der Waals surface area (Å²) < 4.78 is 2.91. The average molecular weight is 278 g/mol. The first kappa shape index (κ1) is 13.9. The van der Waals surface area contributed by atoms with Gasteiger partial charge in [0.1, 0.15) is 16.6 Å². The van der Waals surface area contributed by atoms with Crippen molar-refractivity contribution in [1.82, 2.24) is 9.13 Å². The zero-order valence-electron chi connectivity index (χ0n) is 11.3. The number of carboxylic acids is 2. The van der Waals surface area contributed by atoms with Crippen LogP contribution in [0.2, 0.25) is 0 Å². The molecule has 0 atom stereocenters. The Morgan fingerprint density at radius 2 is 1.80 bits per heavy atom. The third-order valence-corrected chi connectivity index (χ3v) is 3.48. The van der Waals surface area contributed by atoms with E-state index in [1.165, 1.54) is 15.3 Å². The molecule has 0 aliphatic carbocycles. The Bertz CT molecular complexity index is 797. The van der Waals surface area contributed by atoms with E-state index in [0.29, 0.717) is 12.2 Å². The van der Waals surface area contributed by atoms with Crippen molar-refractivity contribution in [2.45, 2.75) is 20.4 Å². The molecule has 0 fully saturated rings. The number of fused-ring (bicyclic) bond motifs is 1. The van der Waals surface area contributed by atoms with Crippen LogP contribution in [0.4, 0.5) is 0 Å². The van der Waals surface area contributed by atoms with Gasteiger partial charge < -0.3 is 19.3 Å². The standard InChI is InChI=1S/C13H14N2O5/c1-4-15-5-7(12(17)18)11(16)10-9(15)8(13(19)20)6(2)14(10)3/h5H,4H2,1-3H3,(H,17,18)(H,19,20). The molecule has 2 N–H and O–H groups in total. The molecule has 0 radical (unpaired) electrons. The molecule has 7 nitrogen and oxygen atoms in total. The van der Waals surface area contributed by atoms with E-state index in [1.807, 2.05) is 0 Å². The largest absolute Gasteiger partial charge is 0.478 e. The van der Waals surface area contributed by atoms with Gasteiger partial charge in [-0.1, -0.05) is 0 Å². The fourth-order valence-corrected chi connectivity index (χ4v) is 2.39. The van der Waals surface area contributed by atoms with Crippen LogP contribution in [0.25, 0.3) is 11.0 Å². The van der Waals surface area contributed by atoms with Crippen molar-refractivity contribution in [3.05, 3.63) is 33.2 Å². The van der Waals surface area contributed by atoms with Gasteiger partial charge in [-0.2, -0.15) is 0 Å². The maximum atomic E-state index is 12.2. The number of aryl methyl sites for hydroxylation is 2. The lowest BCUT2D eigenvalue weighted by Gasteiger charge is -2.08. The summed E-state index contributed by atoms with van der Waals surface area (Å²) in [5.41, 5.74) is -0.239. The number of rotatable bonds is 3. The van der Waals surface area contributed by atoms with Gasteiger partial charge in [0.05, 0.1) is 5.52 Å². The van der Waals surface area contributed by atoms with Gasteiger partial charge in [-0.05, 0) is 13.8 Å². The van der Waals surface area contributed by atoms with Crippen LogP contribution in [0.3, 0.4) is 0 Å². The first-order valence-corrected chi connectivity index (χ1v) is 6.00. The number of hydrogen-bond donors (Lipinski definition) is 2. The molecular weight excluding hydrogens is 264 g/mol. The number of hydrogen-bond acceptors (Lipinski definition) is 3. The molecule has 7 heteroatoms. The van der Waals surface area contributed by atoms with Crippen LogP contribution in [-0.2, 0) is 13.6 Å². The van der Waals surface area contributed by atoms with E-state index in [4.69, 9.17) is 5.11 Å². The van der Waals surface area contributed by atoms with E-state index in [0.717, 1.165) is 0 Å². The van der Waals surface area contributed by atoms with Gasteiger partial charge in [-0.15, -0.1) is 0 Å². The fraction of sp³-hybridized carbons (Fsp3) is 0.308. The number of aromatic carboxylic acids is 2. The van der Waals surface area contributed by atoms with Gasteiger partial charge in [-0.3, -0.25) is 4.79 Å². The quantitative estimate of drug-likeness (QED) is 0.874. The molecule has 2 aromatic rings. The highest BCUT2D eigenvalue weighted by molar-refractivity contribution is 6.04. The molecule has 0 aliphatic rings. The summed E-state index contributed by atoms with van der Waals surface area (Å²) >= 11 is 0. The van der Waals surface area contributed by atoms with Crippen LogP contribution < -0.4 is 5.43 Å². The van der Waals surface area contributed by atoms with Gasteiger partial charge >= 0.3 is 11.9 Å². The zero-order valence-corrected chi connectivity index (χ0v) is 11.3. The summed E-state index contributed by atoms with van der Waals surface area (Å²) in [6, 6.07) is 0. The minimum Gasteiger partial charge on any atom is -0.478 e. The lowest BCUT2D eigenvalue weighted by atomic mass is 10.1. The second-order valence-corrected chi connectivity index (χ2v) is 4.48. The first-order valence-electron chi connectivity index (χ1n) is 6.00. The molecule has 0 aromatic carbocycles. The first-order chi connectivity index (χ1) is 9.31. The minimum absolute atomic E-state index is 0.0263. The lowest BCUT2D eigenvalue weighted by molar-refractivity contribution is 0.0686. The van der Waals surface area contributed by atoms with Crippen molar-refractivity contribution < 1.29 is 19.8 Å². The van der Waals surface area contributed by atoms with Crippen molar-refractivity contribution in [2.24, 2.45) is 7.05 Å². The number of pyridine rings is 1. The number of carbonyl (C=O) groups is 2.